The third-order valence-electron chi connectivity index (χ3n) is 3.04. The molecule has 0 unspecified atom stereocenters. The summed E-state index contributed by atoms with van der Waals surface area (Å²) in [7, 11) is 0. The fourth-order valence-electron chi connectivity index (χ4n) is 2.15. The number of aromatic nitrogens is 1. The van der Waals surface area contributed by atoms with E-state index >= 15 is 0 Å². The Hall–Kier alpha value is -1.09. The Bertz CT molecular complexity index is 552. The first-order valence-corrected chi connectivity index (χ1v) is 5.68. The molecule has 0 fully saturated rings. The normalized spacial score (nSPS) is 14.3. The minimum atomic E-state index is 0. The van der Waals surface area contributed by atoms with E-state index in [1.807, 2.05) is 12.3 Å². The van der Waals surface area contributed by atoms with Gasteiger partial charge in [0.2, 0.25) is 0 Å². The maximum atomic E-state index is 4.39. The monoisotopic (exact) mass is 282 g/mol. The maximum Gasteiger partial charge on any atom is 0.0708 e. The van der Waals surface area contributed by atoms with Crippen molar-refractivity contribution in [3.8, 4) is 0 Å². The molecule has 1 aromatic heterocycles. The number of hydrogen-bond acceptors (Lipinski definition) is 2. The summed E-state index contributed by atoms with van der Waals surface area (Å²) in [5, 5.41) is 4.54. The third-order valence-corrected chi connectivity index (χ3v) is 3.04. The molecule has 3 rings (SSSR count). The first-order chi connectivity index (χ1) is 7.93. The molecular weight excluding hydrogens is 267 g/mol. The van der Waals surface area contributed by atoms with E-state index in [1.54, 1.807) is 0 Å². The van der Waals surface area contributed by atoms with Gasteiger partial charge in [0, 0.05) is 18.1 Å². The molecule has 0 saturated heterocycles. The van der Waals surface area contributed by atoms with Crippen LogP contribution >= 0.6 is 24.8 Å². The third kappa shape index (κ3) is 3.02. The van der Waals surface area contributed by atoms with E-state index < -0.39 is 0 Å². The van der Waals surface area contributed by atoms with Crippen LogP contribution in [-0.2, 0) is 0 Å². The molecule has 2 aromatic rings. The van der Waals surface area contributed by atoms with Crippen molar-refractivity contribution in [2.45, 2.75) is 6.42 Å². The maximum absolute atomic E-state index is 4.39. The quantitative estimate of drug-likeness (QED) is 0.867. The van der Waals surface area contributed by atoms with Crippen molar-refractivity contribution >= 4 is 41.3 Å². The van der Waals surface area contributed by atoms with Gasteiger partial charge in [0.15, 0.2) is 0 Å². The number of pyridine rings is 1. The van der Waals surface area contributed by atoms with Gasteiger partial charge in [-0.2, -0.15) is 0 Å². The number of halogens is 2. The van der Waals surface area contributed by atoms with Crippen LogP contribution in [0.5, 0.6) is 0 Å². The van der Waals surface area contributed by atoms with E-state index in [0.717, 1.165) is 25.0 Å². The Balaban J connectivity index is 0.000000810. The molecule has 0 bridgehead atoms. The zero-order chi connectivity index (χ0) is 10.8. The summed E-state index contributed by atoms with van der Waals surface area (Å²) in [5.74, 6) is 0. The van der Waals surface area contributed by atoms with Gasteiger partial charge in [-0.15, -0.1) is 24.8 Å². The predicted octanol–water partition coefficient (Wildman–Crippen LogP) is 3.46. The zero-order valence-electron chi connectivity index (χ0n) is 9.93. The molecule has 1 aliphatic rings. The second kappa shape index (κ2) is 6.74. The molecule has 2 heterocycles. The topological polar surface area (TPSA) is 24.9 Å². The van der Waals surface area contributed by atoms with Crippen molar-refractivity contribution < 1.29 is 0 Å². The van der Waals surface area contributed by atoms with Crippen LogP contribution < -0.4 is 5.32 Å². The average molecular weight is 283 g/mol. The standard InChI is InChI=1S/C14H14N2.2ClH/c1-2-12-3-4-13(10-14(12)16-7-1)11-5-8-15-9-6-11;;/h1-5,7,10,15H,6,8-9H2;2*1H. The SMILES string of the molecule is C1=C(c2ccc3cccnc3c2)CCNC1.Cl.Cl. The molecule has 1 aliphatic heterocycles. The Labute approximate surface area is 119 Å². The van der Waals surface area contributed by atoms with Gasteiger partial charge in [0.05, 0.1) is 5.52 Å². The summed E-state index contributed by atoms with van der Waals surface area (Å²) >= 11 is 0. The highest BCUT2D eigenvalue weighted by atomic mass is 35.5. The number of rotatable bonds is 1. The molecule has 0 atom stereocenters. The largest absolute Gasteiger partial charge is 0.313 e. The van der Waals surface area contributed by atoms with Gasteiger partial charge >= 0.3 is 0 Å². The van der Waals surface area contributed by atoms with Crippen molar-refractivity contribution in [2.75, 3.05) is 13.1 Å². The molecule has 1 aromatic carbocycles. The van der Waals surface area contributed by atoms with Crippen molar-refractivity contribution in [3.63, 3.8) is 0 Å². The van der Waals surface area contributed by atoms with Crippen molar-refractivity contribution in [3.05, 3.63) is 48.2 Å². The fraction of sp³-hybridized carbons (Fsp3) is 0.214. The Morgan fingerprint density at radius 1 is 1.11 bits per heavy atom. The van der Waals surface area contributed by atoms with Gasteiger partial charge in [0.1, 0.15) is 0 Å². The lowest BCUT2D eigenvalue weighted by atomic mass is 9.99. The number of nitrogens with one attached hydrogen (secondary N) is 1. The molecule has 0 spiro atoms. The number of fused-ring (bicyclic) bond motifs is 1. The summed E-state index contributed by atoms with van der Waals surface area (Å²) in [5.41, 5.74) is 3.83. The van der Waals surface area contributed by atoms with Crippen LogP contribution in [-0.4, -0.2) is 18.1 Å². The van der Waals surface area contributed by atoms with Crippen LogP contribution in [0.25, 0.3) is 16.5 Å². The van der Waals surface area contributed by atoms with E-state index in [0.29, 0.717) is 0 Å². The van der Waals surface area contributed by atoms with Gasteiger partial charge in [-0.1, -0.05) is 24.3 Å². The van der Waals surface area contributed by atoms with E-state index in [4.69, 9.17) is 0 Å². The van der Waals surface area contributed by atoms with Crippen LogP contribution in [0.4, 0.5) is 0 Å². The Morgan fingerprint density at radius 2 is 2.00 bits per heavy atom. The summed E-state index contributed by atoms with van der Waals surface area (Å²) in [6.45, 7) is 2.06. The number of benzene rings is 1. The summed E-state index contributed by atoms with van der Waals surface area (Å²) < 4.78 is 0. The zero-order valence-corrected chi connectivity index (χ0v) is 11.6. The average Bonchev–Trinajstić information content (AvgIpc) is 2.39. The fourth-order valence-corrected chi connectivity index (χ4v) is 2.15. The van der Waals surface area contributed by atoms with Gasteiger partial charge < -0.3 is 5.32 Å². The van der Waals surface area contributed by atoms with Crippen LogP contribution in [0.1, 0.15) is 12.0 Å². The summed E-state index contributed by atoms with van der Waals surface area (Å²) in [6.07, 6.45) is 5.23. The van der Waals surface area contributed by atoms with Gasteiger partial charge in [-0.25, -0.2) is 0 Å². The van der Waals surface area contributed by atoms with Gasteiger partial charge in [-0.05, 0) is 36.2 Å². The lowest BCUT2D eigenvalue weighted by molar-refractivity contribution is 0.738. The predicted molar refractivity (Wildman–Crippen MR) is 81.7 cm³/mol. The summed E-state index contributed by atoms with van der Waals surface area (Å²) in [4.78, 5) is 4.39. The Morgan fingerprint density at radius 3 is 2.78 bits per heavy atom. The highest BCUT2D eigenvalue weighted by Gasteiger charge is 2.06. The Kier molecular flexibility index (Phi) is 5.60. The number of hydrogen-bond donors (Lipinski definition) is 1. The highest BCUT2D eigenvalue weighted by Crippen LogP contribution is 2.22. The van der Waals surface area contributed by atoms with Crippen molar-refractivity contribution in [1.82, 2.24) is 10.3 Å². The van der Waals surface area contributed by atoms with Crippen molar-refractivity contribution in [2.24, 2.45) is 0 Å². The molecule has 4 heteroatoms. The van der Waals surface area contributed by atoms with E-state index in [-0.39, 0.29) is 24.8 Å². The van der Waals surface area contributed by atoms with Crippen LogP contribution in [0.2, 0.25) is 0 Å². The second-order valence-corrected chi connectivity index (χ2v) is 4.09. The molecule has 2 nitrogen and oxygen atoms in total. The van der Waals surface area contributed by atoms with E-state index in [9.17, 15) is 0 Å². The molecule has 96 valence electrons. The highest BCUT2D eigenvalue weighted by molar-refractivity contribution is 5.85. The molecule has 0 aliphatic carbocycles. The molecule has 0 saturated carbocycles. The lowest BCUT2D eigenvalue weighted by Gasteiger charge is -2.14. The second-order valence-electron chi connectivity index (χ2n) is 4.09. The first-order valence-electron chi connectivity index (χ1n) is 5.68. The lowest BCUT2D eigenvalue weighted by Crippen LogP contribution is -2.19. The molecule has 1 N–H and O–H groups in total. The minimum Gasteiger partial charge on any atom is -0.313 e. The smallest absolute Gasteiger partial charge is 0.0708 e. The van der Waals surface area contributed by atoms with Crippen LogP contribution in [0.15, 0.2) is 42.6 Å². The number of nitrogens with zero attached hydrogens (tertiary/aromatic N) is 1. The first kappa shape index (κ1) is 15.0. The molecule has 0 amide bonds. The molecule has 18 heavy (non-hydrogen) atoms. The minimum absolute atomic E-state index is 0. The van der Waals surface area contributed by atoms with Crippen LogP contribution in [0, 0.1) is 0 Å². The van der Waals surface area contributed by atoms with Gasteiger partial charge in [-0.3, -0.25) is 4.98 Å². The van der Waals surface area contributed by atoms with E-state index in [2.05, 4.69) is 40.6 Å². The van der Waals surface area contributed by atoms with E-state index in [1.165, 1.54) is 16.5 Å². The molecular formula is C14H16Cl2N2. The summed E-state index contributed by atoms with van der Waals surface area (Å²) in [6, 6.07) is 10.6. The van der Waals surface area contributed by atoms with Crippen molar-refractivity contribution in [1.29, 1.82) is 0 Å². The van der Waals surface area contributed by atoms with Gasteiger partial charge in [0.25, 0.3) is 0 Å². The molecule has 0 radical (unpaired) electrons. The van der Waals surface area contributed by atoms with Crippen LogP contribution in [0.3, 0.4) is 0 Å².